The van der Waals surface area contributed by atoms with E-state index in [0.717, 1.165) is 0 Å². The number of rotatable bonds is 0. The Morgan fingerprint density at radius 2 is 0.800 bits per heavy atom. The number of carbonyl (C=O) groups is 2. The number of hydrogen-bond donors (Lipinski definition) is 0. The predicted octanol–water partition coefficient (Wildman–Crippen LogP) is -5.28. The van der Waals surface area contributed by atoms with Gasteiger partial charge in [-0.25, -0.2) is 0 Å². The monoisotopic (exact) mass is 316 g/mol. The molecule has 0 aliphatic rings. The first kappa shape index (κ1) is 22.4. The van der Waals surface area contributed by atoms with Crippen LogP contribution in [0.2, 0.25) is 0 Å². The van der Waals surface area contributed by atoms with Gasteiger partial charge in [0.2, 0.25) is 0 Å². The molecule has 6 nitrogen and oxygen atoms in total. The normalized spacial score (nSPS) is 4.80. The van der Waals surface area contributed by atoms with Crippen LogP contribution in [-0.2, 0) is 16.5 Å². The van der Waals surface area contributed by atoms with Gasteiger partial charge in [0.1, 0.15) is 0 Å². The zero-order valence-electron chi connectivity index (χ0n) is 4.47. The Hall–Kier alpha value is 0.605. The Labute approximate surface area is 106 Å². The van der Waals surface area contributed by atoms with E-state index in [2.05, 4.69) is 0 Å². The molecule has 0 saturated carbocycles. The van der Waals surface area contributed by atoms with Crippen LogP contribution < -0.4 is 20.4 Å². The molecular formula is C2BaNiO6. The van der Waals surface area contributed by atoms with Crippen LogP contribution >= 0.6 is 0 Å². The molecule has 0 bridgehead atoms. The molecule has 0 amide bonds. The molecule has 0 rings (SSSR count). The van der Waals surface area contributed by atoms with Crippen LogP contribution in [0, 0.1) is 0 Å². The number of hydrogen-bond acceptors (Lipinski definition) is 6. The Bertz CT molecular complexity index is 73.7. The number of carbonyl (C=O) groups excluding carboxylic acids is 2. The summed E-state index contributed by atoms with van der Waals surface area (Å²) in [6.45, 7) is 0. The van der Waals surface area contributed by atoms with E-state index >= 15 is 0 Å². The van der Waals surface area contributed by atoms with Gasteiger partial charge in [-0.2, -0.15) is 0 Å². The first-order valence-electron chi connectivity index (χ1n) is 1.22. The van der Waals surface area contributed by atoms with E-state index in [1.54, 1.807) is 0 Å². The molecule has 0 saturated heterocycles. The van der Waals surface area contributed by atoms with Crippen molar-refractivity contribution in [3.8, 4) is 0 Å². The second-order valence-electron chi connectivity index (χ2n) is 0.500. The van der Waals surface area contributed by atoms with Crippen molar-refractivity contribution in [3.63, 3.8) is 0 Å². The van der Waals surface area contributed by atoms with Gasteiger partial charge in [-0.15, -0.1) is 0 Å². The third-order valence-electron chi connectivity index (χ3n) is 0. The van der Waals surface area contributed by atoms with Gasteiger partial charge in [0.15, 0.2) is 0 Å². The summed E-state index contributed by atoms with van der Waals surface area (Å²) in [7, 11) is 0. The molecule has 10 heavy (non-hydrogen) atoms. The third-order valence-corrected chi connectivity index (χ3v) is 0. The maximum Gasteiger partial charge on any atom is 2.00 e. The minimum Gasteiger partial charge on any atom is -0.652 e. The molecule has 0 atom stereocenters. The van der Waals surface area contributed by atoms with E-state index in [0.29, 0.717) is 0 Å². The van der Waals surface area contributed by atoms with Crippen LogP contribution in [0.3, 0.4) is 0 Å². The molecule has 56 valence electrons. The Balaban J connectivity index is -0.0000000300. The van der Waals surface area contributed by atoms with Crippen molar-refractivity contribution in [1.29, 1.82) is 0 Å². The SMILES string of the molecule is O=C([O-])[O-].O=C([O-])[O-].[Ba+2].[Ni+2]. The molecule has 0 aliphatic heterocycles. The minimum absolute atomic E-state index is 0. The zero-order chi connectivity index (χ0) is 7.15. The van der Waals surface area contributed by atoms with E-state index < -0.39 is 12.3 Å². The van der Waals surface area contributed by atoms with Gasteiger partial charge in [0, 0.05) is 0 Å². The fourth-order valence-corrected chi connectivity index (χ4v) is 0. The van der Waals surface area contributed by atoms with E-state index in [4.69, 9.17) is 30.0 Å². The van der Waals surface area contributed by atoms with Crippen LogP contribution in [0.5, 0.6) is 0 Å². The Morgan fingerprint density at radius 3 is 0.800 bits per heavy atom. The van der Waals surface area contributed by atoms with E-state index in [9.17, 15) is 0 Å². The maximum absolute atomic E-state index is 8.33. The molecule has 0 aliphatic carbocycles. The van der Waals surface area contributed by atoms with Gasteiger partial charge in [0.25, 0.3) is 0 Å². The first-order valence-corrected chi connectivity index (χ1v) is 1.22. The summed E-state index contributed by atoms with van der Waals surface area (Å²) in [6, 6.07) is 0. The largest absolute Gasteiger partial charge is 2.00 e. The van der Waals surface area contributed by atoms with Crippen molar-refractivity contribution in [2.45, 2.75) is 0 Å². The molecule has 0 aromatic rings. The predicted molar refractivity (Wildman–Crippen MR) is 16.5 cm³/mol. The van der Waals surface area contributed by atoms with Gasteiger partial charge in [-0.3, -0.25) is 0 Å². The second kappa shape index (κ2) is 16.3. The molecule has 8 heteroatoms. The molecule has 0 unspecified atom stereocenters. The zero-order valence-corrected chi connectivity index (χ0v) is 9.90. The quantitative estimate of drug-likeness (QED) is 0.411. The molecule has 0 N–H and O–H groups in total. The van der Waals surface area contributed by atoms with Gasteiger partial charge in [0.05, 0.1) is 0 Å². The van der Waals surface area contributed by atoms with Crippen LogP contribution in [0.4, 0.5) is 9.59 Å². The second-order valence-corrected chi connectivity index (χ2v) is 0.500. The third kappa shape index (κ3) is 1360. The van der Waals surface area contributed by atoms with E-state index in [-0.39, 0.29) is 65.4 Å². The average Bonchev–Trinajstić information content (AvgIpc) is 1.25. The maximum atomic E-state index is 8.33. The fraction of sp³-hybridized carbons (Fsp3) is 0. The van der Waals surface area contributed by atoms with Crippen molar-refractivity contribution in [2.75, 3.05) is 0 Å². The van der Waals surface area contributed by atoms with Crippen molar-refractivity contribution in [1.82, 2.24) is 0 Å². The van der Waals surface area contributed by atoms with E-state index in [1.807, 2.05) is 0 Å². The fourth-order valence-electron chi connectivity index (χ4n) is 0. The molecule has 0 heterocycles. The molecule has 0 fully saturated rings. The smallest absolute Gasteiger partial charge is 0.652 e. The summed E-state index contributed by atoms with van der Waals surface area (Å²) in [5.74, 6) is 0. The summed E-state index contributed by atoms with van der Waals surface area (Å²) in [5, 5.41) is 33.3. The van der Waals surface area contributed by atoms with Crippen molar-refractivity contribution in [2.24, 2.45) is 0 Å². The summed E-state index contributed by atoms with van der Waals surface area (Å²) in [4.78, 5) is 16.7. The average molecular weight is 316 g/mol. The van der Waals surface area contributed by atoms with Gasteiger partial charge in [-0.1, -0.05) is 0 Å². The standard InChI is InChI=1S/2CH2O3.Ba.Ni/c2*2-1(3)4;;/h2*(H2,2,3,4);;/q;;2*+2/p-4. The van der Waals surface area contributed by atoms with Crippen LogP contribution in [0.15, 0.2) is 0 Å². The molecule has 0 aromatic carbocycles. The van der Waals surface area contributed by atoms with E-state index in [1.165, 1.54) is 0 Å². The number of carboxylic acid groups (broad SMARTS) is 4. The van der Waals surface area contributed by atoms with Crippen LogP contribution in [0.25, 0.3) is 0 Å². The Morgan fingerprint density at radius 1 is 0.800 bits per heavy atom. The minimum atomic E-state index is -2.33. The summed E-state index contributed by atoms with van der Waals surface area (Å²) in [6.07, 6.45) is -4.67. The summed E-state index contributed by atoms with van der Waals surface area (Å²) in [5.41, 5.74) is 0. The van der Waals surface area contributed by atoms with Gasteiger partial charge in [-0.05, 0) is 12.3 Å². The van der Waals surface area contributed by atoms with Crippen LogP contribution in [0.1, 0.15) is 0 Å². The Kier molecular flexibility index (Phi) is 36.6. The topological polar surface area (TPSA) is 126 Å². The molecule has 0 radical (unpaired) electrons. The molecule has 0 spiro atoms. The first-order chi connectivity index (χ1) is 3.46. The van der Waals surface area contributed by atoms with Crippen molar-refractivity contribution in [3.05, 3.63) is 0 Å². The molecular weight excluding hydrogens is 316 g/mol. The molecule has 0 aromatic heterocycles. The van der Waals surface area contributed by atoms with Crippen LogP contribution in [-0.4, -0.2) is 61.2 Å². The van der Waals surface area contributed by atoms with Crippen molar-refractivity contribution < 1.29 is 46.5 Å². The summed E-state index contributed by atoms with van der Waals surface area (Å²) >= 11 is 0. The van der Waals surface area contributed by atoms with Crippen molar-refractivity contribution >= 4 is 61.2 Å². The van der Waals surface area contributed by atoms with Gasteiger partial charge < -0.3 is 30.0 Å². The van der Waals surface area contributed by atoms with Gasteiger partial charge >= 0.3 is 65.4 Å². The summed E-state index contributed by atoms with van der Waals surface area (Å²) < 4.78 is 0.